The van der Waals surface area contributed by atoms with Crippen molar-refractivity contribution in [2.45, 2.75) is 39.0 Å². The van der Waals surface area contributed by atoms with E-state index in [-0.39, 0.29) is 17.2 Å². The van der Waals surface area contributed by atoms with Gasteiger partial charge in [-0.2, -0.15) is 0 Å². The smallest absolute Gasteiger partial charge is 0.261 e. The number of hydrogen-bond donors (Lipinski definition) is 0. The van der Waals surface area contributed by atoms with E-state index in [9.17, 15) is 9.59 Å². The molecule has 0 atom stereocenters. The number of unbranched alkanes of at least 4 members (excludes halogenated alkanes) is 1. The lowest BCUT2D eigenvalue weighted by molar-refractivity contribution is 0.0649. The molecule has 1 aliphatic rings. The van der Waals surface area contributed by atoms with E-state index in [0.717, 1.165) is 16.6 Å². The molecule has 0 aromatic heterocycles. The zero-order chi connectivity index (χ0) is 19.6. The molecule has 4 nitrogen and oxygen atoms in total. The first-order valence-electron chi connectivity index (χ1n) is 9.17. The van der Waals surface area contributed by atoms with Crippen molar-refractivity contribution < 1.29 is 14.3 Å². The van der Waals surface area contributed by atoms with Gasteiger partial charge in [0, 0.05) is 6.54 Å². The van der Waals surface area contributed by atoms with E-state index in [2.05, 4.69) is 48.8 Å². The van der Waals surface area contributed by atoms with Gasteiger partial charge in [-0.15, -0.1) is 0 Å². The monoisotopic (exact) mass is 429 g/mol. The van der Waals surface area contributed by atoms with Crippen molar-refractivity contribution in [3.05, 3.63) is 63.6 Å². The molecule has 2 aromatic rings. The van der Waals surface area contributed by atoms with Crippen molar-refractivity contribution in [1.29, 1.82) is 0 Å². The molecule has 142 valence electrons. The molecule has 0 aliphatic carbocycles. The van der Waals surface area contributed by atoms with Gasteiger partial charge in [-0.25, -0.2) is 0 Å². The fourth-order valence-electron chi connectivity index (χ4n) is 3.08. The fourth-order valence-corrected chi connectivity index (χ4v) is 3.57. The Bertz CT molecular complexity index is 835. The van der Waals surface area contributed by atoms with E-state index in [1.165, 1.54) is 10.5 Å². The Morgan fingerprint density at radius 3 is 2.15 bits per heavy atom. The second kappa shape index (κ2) is 7.85. The fraction of sp³-hybridized carbons (Fsp3) is 0.364. The Kier molecular flexibility index (Phi) is 5.70. The molecule has 0 radical (unpaired) electrons. The number of amides is 2. The van der Waals surface area contributed by atoms with Gasteiger partial charge >= 0.3 is 0 Å². The molecule has 2 aromatic carbocycles. The number of carbonyl (C=O) groups is 2. The Morgan fingerprint density at radius 2 is 1.59 bits per heavy atom. The second-order valence-corrected chi connectivity index (χ2v) is 8.61. The maximum atomic E-state index is 12.3. The highest BCUT2D eigenvalue weighted by atomic mass is 79.9. The van der Waals surface area contributed by atoms with Crippen LogP contribution in [0.25, 0.3) is 0 Å². The summed E-state index contributed by atoms with van der Waals surface area (Å²) in [6.45, 7) is 7.48. The zero-order valence-electron chi connectivity index (χ0n) is 15.9. The van der Waals surface area contributed by atoms with Crippen LogP contribution in [0.5, 0.6) is 5.75 Å². The summed E-state index contributed by atoms with van der Waals surface area (Å²) in [5, 5.41) is 0. The quantitative estimate of drug-likeness (QED) is 0.468. The molecule has 1 aliphatic heterocycles. The summed E-state index contributed by atoms with van der Waals surface area (Å²) in [4.78, 5) is 26.0. The number of carbonyl (C=O) groups excluding carboxylic acids is 2. The van der Waals surface area contributed by atoms with Crippen LogP contribution in [-0.2, 0) is 5.41 Å². The van der Waals surface area contributed by atoms with E-state index >= 15 is 0 Å². The third kappa shape index (κ3) is 4.24. The number of imide groups is 1. The van der Waals surface area contributed by atoms with Crippen LogP contribution in [0.3, 0.4) is 0 Å². The highest BCUT2D eigenvalue weighted by Crippen LogP contribution is 2.31. The molecule has 3 rings (SSSR count). The van der Waals surface area contributed by atoms with E-state index in [4.69, 9.17) is 4.74 Å². The average molecular weight is 430 g/mol. The minimum Gasteiger partial charge on any atom is -0.492 e. The lowest BCUT2D eigenvalue weighted by Gasteiger charge is -2.20. The van der Waals surface area contributed by atoms with Crippen LogP contribution in [0.4, 0.5) is 0 Å². The van der Waals surface area contributed by atoms with Gasteiger partial charge < -0.3 is 4.74 Å². The maximum absolute atomic E-state index is 12.3. The van der Waals surface area contributed by atoms with E-state index in [1.807, 2.05) is 6.07 Å². The molecular weight excluding hydrogens is 406 g/mol. The van der Waals surface area contributed by atoms with Gasteiger partial charge in [-0.3, -0.25) is 14.5 Å². The van der Waals surface area contributed by atoms with E-state index < -0.39 is 0 Å². The topological polar surface area (TPSA) is 46.6 Å². The molecule has 0 fully saturated rings. The largest absolute Gasteiger partial charge is 0.492 e. The standard InChI is InChI=1S/C22H24BrNO3/c1-22(2,3)15-10-11-19(18(23)14-15)27-13-7-6-12-24-20(25)16-8-4-5-9-17(16)21(24)26/h4-5,8-11,14H,6-7,12-13H2,1-3H3. The van der Waals surface area contributed by atoms with Crippen LogP contribution in [-0.4, -0.2) is 29.9 Å². The molecule has 1 heterocycles. The van der Waals surface area contributed by atoms with Gasteiger partial charge in [-0.05, 0) is 64.0 Å². The van der Waals surface area contributed by atoms with Crippen LogP contribution in [0.15, 0.2) is 46.9 Å². The second-order valence-electron chi connectivity index (χ2n) is 7.76. The molecule has 0 unspecified atom stereocenters. The Labute approximate surface area is 168 Å². The van der Waals surface area contributed by atoms with Gasteiger partial charge in [-0.1, -0.05) is 39.0 Å². The molecule has 5 heteroatoms. The number of fused-ring (bicyclic) bond motifs is 1. The normalized spacial score (nSPS) is 13.9. The first-order valence-corrected chi connectivity index (χ1v) is 9.96. The van der Waals surface area contributed by atoms with E-state index in [0.29, 0.717) is 30.7 Å². The van der Waals surface area contributed by atoms with E-state index in [1.54, 1.807) is 24.3 Å². The van der Waals surface area contributed by atoms with Crippen molar-refractivity contribution in [2.75, 3.05) is 13.2 Å². The molecular formula is C22H24BrNO3. The maximum Gasteiger partial charge on any atom is 0.261 e. The predicted molar refractivity (Wildman–Crippen MR) is 109 cm³/mol. The minimum absolute atomic E-state index is 0.0907. The van der Waals surface area contributed by atoms with Crippen LogP contribution < -0.4 is 4.74 Å². The molecule has 0 bridgehead atoms. The Balaban J connectivity index is 1.48. The number of ether oxygens (including phenoxy) is 1. The van der Waals surface area contributed by atoms with Crippen LogP contribution >= 0.6 is 15.9 Å². The summed E-state index contributed by atoms with van der Waals surface area (Å²) in [5.41, 5.74) is 2.34. The Morgan fingerprint density at radius 1 is 0.963 bits per heavy atom. The summed E-state index contributed by atoms with van der Waals surface area (Å²) in [6, 6.07) is 13.1. The first kappa shape index (κ1) is 19.6. The van der Waals surface area contributed by atoms with Crippen molar-refractivity contribution in [1.82, 2.24) is 4.90 Å². The van der Waals surface area contributed by atoms with Crippen LogP contribution in [0, 0.1) is 0 Å². The van der Waals surface area contributed by atoms with Gasteiger partial charge in [0.25, 0.3) is 11.8 Å². The third-order valence-corrected chi connectivity index (χ3v) is 5.33. The number of nitrogens with zero attached hydrogens (tertiary/aromatic N) is 1. The summed E-state index contributed by atoms with van der Waals surface area (Å²) in [6.07, 6.45) is 1.48. The molecule has 0 N–H and O–H groups in total. The third-order valence-electron chi connectivity index (χ3n) is 4.71. The number of halogens is 1. The molecule has 0 spiro atoms. The molecule has 0 saturated carbocycles. The molecule has 2 amide bonds. The van der Waals surface area contributed by atoms with Crippen molar-refractivity contribution in [3.63, 3.8) is 0 Å². The van der Waals surface area contributed by atoms with Crippen molar-refractivity contribution in [3.8, 4) is 5.75 Å². The number of hydrogen-bond acceptors (Lipinski definition) is 3. The summed E-state index contributed by atoms with van der Waals surface area (Å²) >= 11 is 3.57. The van der Waals surface area contributed by atoms with Gasteiger partial charge in [0.1, 0.15) is 5.75 Å². The van der Waals surface area contributed by atoms with Crippen molar-refractivity contribution >= 4 is 27.7 Å². The van der Waals surface area contributed by atoms with Gasteiger partial charge in [0.15, 0.2) is 0 Å². The molecule has 27 heavy (non-hydrogen) atoms. The number of rotatable bonds is 6. The summed E-state index contributed by atoms with van der Waals surface area (Å²) < 4.78 is 6.79. The van der Waals surface area contributed by atoms with Crippen molar-refractivity contribution in [2.24, 2.45) is 0 Å². The van der Waals surface area contributed by atoms with Crippen LogP contribution in [0.1, 0.15) is 59.9 Å². The average Bonchev–Trinajstić information content (AvgIpc) is 2.87. The Hall–Kier alpha value is -2.14. The van der Waals surface area contributed by atoms with Gasteiger partial charge in [0.05, 0.1) is 22.2 Å². The minimum atomic E-state index is -0.197. The predicted octanol–water partition coefficient (Wildman–Crippen LogP) is 5.20. The molecule has 0 saturated heterocycles. The summed E-state index contributed by atoms with van der Waals surface area (Å²) in [7, 11) is 0. The SMILES string of the molecule is CC(C)(C)c1ccc(OCCCCN2C(=O)c3ccccc3C2=O)c(Br)c1. The highest BCUT2D eigenvalue weighted by Gasteiger charge is 2.34. The zero-order valence-corrected chi connectivity index (χ0v) is 17.5. The van der Waals surface area contributed by atoms with Crippen LogP contribution in [0.2, 0.25) is 0 Å². The summed E-state index contributed by atoms with van der Waals surface area (Å²) in [5.74, 6) is 0.415. The van der Waals surface area contributed by atoms with Gasteiger partial charge in [0.2, 0.25) is 0 Å². The lowest BCUT2D eigenvalue weighted by Crippen LogP contribution is -2.30. The first-order chi connectivity index (χ1) is 12.8. The lowest BCUT2D eigenvalue weighted by atomic mass is 9.87. The highest BCUT2D eigenvalue weighted by molar-refractivity contribution is 9.10. The number of benzene rings is 2.